The third-order valence-electron chi connectivity index (χ3n) is 3.26. The summed E-state index contributed by atoms with van der Waals surface area (Å²) in [7, 11) is 1.36. The molecule has 0 fully saturated rings. The van der Waals surface area contributed by atoms with E-state index in [1.807, 2.05) is 16.1 Å². The van der Waals surface area contributed by atoms with E-state index in [9.17, 15) is 9.59 Å². The highest BCUT2D eigenvalue weighted by atomic mass is 32.2. The molecule has 0 aliphatic heterocycles. The van der Waals surface area contributed by atoms with Gasteiger partial charge in [-0.15, -0.1) is 11.3 Å². The third-order valence-corrected chi connectivity index (χ3v) is 5.00. The number of hydrogen-bond acceptors (Lipinski definition) is 5. The molecular formula is C17H20N2O3S2. The van der Waals surface area contributed by atoms with Crippen LogP contribution in [-0.4, -0.2) is 35.1 Å². The average molecular weight is 364 g/mol. The average Bonchev–Trinajstić information content (AvgIpc) is 3.00. The molecule has 0 atom stereocenters. The first-order valence-electron chi connectivity index (χ1n) is 7.50. The van der Waals surface area contributed by atoms with E-state index >= 15 is 0 Å². The highest BCUT2D eigenvalue weighted by Crippen LogP contribution is 2.06. The topological polar surface area (TPSA) is 60.7 Å². The molecule has 0 saturated heterocycles. The van der Waals surface area contributed by atoms with Crippen LogP contribution >= 0.6 is 23.1 Å². The fraction of sp³-hybridized carbons (Fsp3) is 0.353. The maximum absolute atomic E-state index is 12.0. The van der Waals surface area contributed by atoms with Crippen LogP contribution in [-0.2, 0) is 20.9 Å². The normalized spacial score (nSPS) is 11.5. The third kappa shape index (κ3) is 5.98. The minimum atomic E-state index is -0.263. The van der Waals surface area contributed by atoms with Crippen LogP contribution in [0, 0.1) is 6.92 Å². The van der Waals surface area contributed by atoms with E-state index in [-0.39, 0.29) is 17.6 Å². The molecule has 0 aliphatic carbocycles. The Morgan fingerprint density at radius 1 is 1.29 bits per heavy atom. The zero-order valence-corrected chi connectivity index (χ0v) is 15.4. The van der Waals surface area contributed by atoms with Gasteiger partial charge in [0.1, 0.15) is 0 Å². The van der Waals surface area contributed by atoms with Crippen molar-refractivity contribution in [2.24, 2.45) is 4.99 Å². The summed E-state index contributed by atoms with van der Waals surface area (Å²) in [5.41, 5.74) is 2.39. The fourth-order valence-electron chi connectivity index (χ4n) is 1.95. The molecule has 0 unspecified atom stereocenters. The van der Waals surface area contributed by atoms with Gasteiger partial charge in [-0.3, -0.25) is 9.59 Å². The Hall–Kier alpha value is -1.86. The number of carbonyl (C=O) groups excluding carboxylic acids is 2. The van der Waals surface area contributed by atoms with Gasteiger partial charge in [0.25, 0.3) is 5.91 Å². The lowest BCUT2D eigenvalue weighted by Gasteiger charge is -2.04. The van der Waals surface area contributed by atoms with Crippen LogP contribution in [0.15, 0.2) is 40.8 Å². The lowest BCUT2D eigenvalue weighted by Crippen LogP contribution is -2.17. The zero-order chi connectivity index (χ0) is 17.4. The number of amides is 1. The molecule has 1 heterocycles. The van der Waals surface area contributed by atoms with Gasteiger partial charge in [0.05, 0.1) is 19.3 Å². The van der Waals surface area contributed by atoms with Crippen molar-refractivity contribution in [1.82, 2.24) is 4.57 Å². The number of aryl methyl sites for hydroxylation is 1. The minimum absolute atomic E-state index is 0.190. The van der Waals surface area contributed by atoms with Gasteiger partial charge >= 0.3 is 5.97 Å². The van der Waals surface area contributed by atoms with Crippen LogP contribution < -0.4 is 4.80 Å². The Labute approximate surface area is 149 Å². The molecule has 5 nitrogen and oxygen atoms in total. The molecule has 1 amide bonds. The molecule has 128 valence electrons. The van der Waals surface area contributed by atoms with Gasteiger partial charge in [0.15, 0.2) is 4.80 Å². The summed E-state index contributed by atoms with van der Waals surface area (Å²) in [4.78, 5) is 27.8. The molecule has 0 N–H and O–H groups in total. The monoisotopic (exact) mass is 364 g/mol. The van der Waals surface area contributed by atoms with Crippen molar-refractivity contribution in [2.75, 3.05) is 18.6 Å². The van der Waals surface area contributed by atoms with E-state index in [0.717, 1.165) is 0 Å². The van der Waals surface area contributed by atoms with Crippen molar-refractivity contribution < 1.29 is 14.3 Å². The van der Waals surface area contributed by atoms with Gasteiger partial charge < -0.3 is 9.30 Å². The van der Waals surface area contributed by atoms with Crippen molar-refractivity contribution in [3.05, 3.63) is 51.8 Å². The molecule has 0 spiro atoms. The number of carbonyl (C=O) groups is 2. The summed E-state index contributed by atoms with van der Waals surface area (Å²) in [5.74, 6) is 0.368. The second-order valence-electron chi connectivity index (χ2n) is 5.18. The molecule has 7 heteroatoms. The van der Waals surface area contributed by atoms with Crippen molar-refractivity contribution in [3.63, 3.8) is 0 Å². The number of benzene rings is 1. The van der Waals surface area contributed by atoms with Gasteiger partial charge in [0.2, 0.25) is 0 Å². The summed E-state index contributed by atoms with van der Waals surface area (Å²) in [5, 5.41) is 1.92. The lowest BCUT2D eigenvalue weighted by atomic mass is 10.1. The fourth-order valence-corrected chi connectivity index (χ4v) is 3.39. The summed E-state index contributed by atoms with van der Waals surface area (Å²) < 4.78 is 6.52. The Kier molecular flexibility index (Phi) is 7.27. The minimum Gasteiger partial charge on any atom is -0.469 e. The van der Waals surface area contributed by atoms with Crippen molar-refractivity contribution >= 4 is 35.0 Å². The zero-order valence-electron chi connectivity index (χ0n) is 13.7. The predicted molar refractivity (Wildman–Crippen MR) is 97.1 cm³/mol. The number of hydrogen-bond donors (Lipinski definition) is 0. The van der Waals surface area contributed by atoms with Crippen LogP contribution in [0.3, 0.4) is 0 Å². The molecular weight excluding hydrogens is 344 g/mol. The first-order valence-corrected chi connectivity index (χ1v) is 9.53. The largest absolute Gasteiger partial charge is 0.469 e. The van der Waals surface area contributed by atoms with Crippen LogP contribution in [0.2, 0.25) is 0 Å². The van der Waals surface area contributed by atoms with Crippen LogP contribution in [0.4, 0.5) is 0 Å². The van der Waals surface area contributed by atoms with Crippen LogP contribution in [0.5, 0.6) is 0 Å². The highest BCUT2D eigenvalue weighted by Gasteiger charge is 2.05. The molecule has 24 heavy (non-hydrogen) atoms. The Bertz CT molecular complexity index is 748. The van der Waals surface area contributed by atoms with Crippen molar-refractivity contribution in [2.45, 2.75) is 19.9 Å². The maximum Gasteiger partial charge on any atom is 0.306 e. The molecule has 0 aliphatic rings. The number of aromatic nitrogens is 1. The summed E-state index contributed by atoms with van der Waals surface area (Å²) in [6.45, 7) is 2.74. The second-order valence-corrected chi connectivity index (χ2v) is 7.16. The van der Waals surface area contributed by atoms with E-state index in [1.165, 1.54) is 41.3 Å². The van der Waals surface area contributed by atoms with Crippen molar-refractivity contribution in [1.29, 1.82) is 0 Å². The number of ether oxygens (including phenoxy) is 1. The molecule has 1 aromatic heterocycles. The number of rotatable bonds is 7. The first kappa shape index (κ1) is 18.5. The van der Waals surface area contributed by atoms with Crippen LogP contribution in [0.1, 0.15) is 17.5 Å². The Morgan fingerprint density at radius 2 is 2.04 bits per heavy atom. The van der Waals surface area contributed by atoms with Gasteiger partial charge in [-0.1, -0.05) is 29.8 Å². The summed E-state index contributed by atoms with van der Waals surface area (Å²) in [6, 6.07) is 8.30. The summed E-state index contributed by atoms with van der Waals surface area (Å²) in [6.07, 6.45) is 2.24. The van der Waals surface area contributed by atoms with Crippen molar-refractivity contribution in [3.8, 4) is 0 Å². The van der Waals surface area contributed by atoms with Gasteiger partial charge in [-0.2, -0.15) is 16.8 Å². The van der Waals surface area contributed by atoms with E-state index in [1.54, 1.807) is 0 Å². The Morgan fingerprint density at radius 3 is 2.75 bits per heavy atom. The quantitative estimate of drug-likeness (QED) is 0.560. The van der Waals surface area contributed by atoms with Gasteiger partial charge in [-0.05, 0) is 12.5 Å². The molecule has 2 rings (SSSR count). The number of thioether (sulfide) groups is 1. The molecule has 0 saturated carbocycles. The summed E-state index contributed by atoms with van der Waals surface area (Å²) >= 11 is 2.83. The highest BCUT2D eigenvalue weighted by molar-refractivity contribution is 7.99. The van der Waals surface area contributed by atoms with E-state index in [0.29, 0.717) is 23.5 Å². The second kappa shape index (κ2) is 9.44. The number of methoxy groups -OCH3 is 1. The first-order chi connectivity index (χ1) is 11.6. The standard InChI is InChI=1S/C17H20N2O3S2/c1-13-3-5-14(6-4-13)11-19-8-10-24-17(19)18-15(20)12-23-9-7-16(21)22-2/h3-6,8,10H,7,9,11-12H2,1-2H3. The lowest BCUT2D eigenvalue weighted by molar-refractivity contribution is -0.140. The number of esters is 1. The van der Waals surface area contributed by atoms with E-state index < -0.39 is 0 Å². The predicted octanol–water partition coefficient (Wildman–Crippen LogP) is 2.63. The van der Waals surface area contributed by atoms with Gasteiger partial charge in [-0.25, -0.2) is 0 Å². The smallest absolute Gasteiger partial charge is 0.306 e. The Balaban J connectivity index is 1.93. The molecule has 2 aromatic rings. The number of nitrogens with zero attached hydrogens (tertiary/aromatic N) is 2. The molecule has 1 aromatic carbocycles. The van der Waals surface area contributed by atoms with Gasteiger partial charge in [0, 0.05) is 23.9 Å². The number of thiazole rings is 1. The molecule has 0 radical (unpaired) electrons. The van der Waals surface area contributed by atoms with E-state index in [4.69, 9.17) is 0 Å². The maximum atomic E-state index is 12.0. The van der Waals surface area contributed by atoms with E-state index in [2.05, 4.69) is 40.9 Å². The van der Waals surface area contributed by atoms with Crippen LogP contribution in [0.25, 0.3) is 0 Å². The molecule has 0 bridgehead atoms. The SMILES string of the molecule is COC(=O)CCSCC(=O)N=c1sccn1Cc1ccc(C)cc1.